The molecule has 2 heteroatoms. The first kappa shape index (κ1) is 45.1. The number of hydrogen-bond donors (Lipinski definition) is 0. The fourth-order valence-electron chi connectivity index (χ4n) is 16.5. The first-order chi connectivity index (χ1) is 39.8. The Balaban J connectivity index is 0.861. The zero-order valence-electron chi connectivity index (χ0n) is 45.6. The van der Waals surface area contributed by atoms with Gasteiger partial charge in [0.05, 0.1) is 33.2 Å². The van der Waals surface area contributed by atoms with E-state index in [2.05, 4.69) is 292 Å². The van der Waals surface area contributed by atoms with Gasteiger partial charge in [0, 0.05) is 33.1 Å². The van der Waals surface area contributed by atoms with E-state index < -0.39 is 10.8 Å². The average Bonchev–Trinajstić information content (AvgIpc) is 3.15. The molecule has 380 valence electrons. The first-order valence-corrected chi connectivity index (χ1v) is 28.7. The highest BCUT2D eigenvalue weighted by Crippen LogP contribution is 2.65. The number of rotatable bonds is 4. The predicted molar refractivity (Wildman–Crippen MR) is 335 cm³/mol. The van der Waals surface area contributed by atoms with Crippen molar-refractivity contribution in [1.29, 1.82) is 0 Å². The Morgan fingerprint density at radius 1 is 0.321 bits per heavy atom. The second kappa shape index (κ2) is 15.7. The molecule has 0 bridgehead atoms. The molecule has 2 nitrogen and oxygen atoms in total. The number of aryl methyl sites for hydroxylation is 2. The molecule has 0 radical (unpaired) electrons. The molecule has 0 saturated heterocycles. The van der Waals surface area contributed by atoms with Crippen LogP contribution in [0, 0.1) is 13.8 Å². The van der Waals surface area contributed by atoms with Crippen LogP contribution in [0.3, 0.4) is 0 Å². The van der Waals surface area contributed by atoms with Crippen molar-refractivity contribution in [3.63, 3.8) is 0 Å². The van der Waals surface area contributed by atoms with Crippen molar-refractivity contribution >= 4 is 38.9 Å². The Hall–Kier alpha value is -9.76. The molecule has 12 aromatic carbocycles. The van der Waals surface area contributed by atoms with E-state index in [9.17, 15) is 0 Å². The zero-order chi connectivity index (χ0) is 53.7. The molecule has 0 atom stereocenters. The minimum Gasteiger partial charge on any atom is -0.310 e. The van der Waals surface area contributed by atoms with Gasteiger partial charge >= 0.3 is 0 Å². The molecule has 2 spiro atoms. The van der Waals surface area contributed by atoms with Crippen molar-refractivity contribution in [2.24, 2.45) is 0 Å². The minimum absolute atomic E-state index is 0.167. The van der Waals surface area contributed by atoms with Crippen molar-refractivity contribution in [3.05, 3.63) is 322 Å². The van der Waals surface area contributed by atoms with Crippen LogP contribution in [0.5, 0.6) is 0 Å². The number of anilines is 3. The average molecular weight is 1030 g/mol. The predicted octanol–water partition coefficient (Wildman–Crippen LogP) is 19.9. The third kappa shape index (κ3) is 5.53. The summed E-state index contributed by atoms with van der Waals surface area (Å²) in [5.41, 5.74) is 34.8. The lowest BCUT2D eigenvalue weighted by molar-refractivity contribution is 0.660. The molecule has 18 rings (SSSR count). The van der Waals surface area contributed by atoms with Crippen molar-refractivity contribution in [1.82, 2.24) is 4.57 Å². The van der Waals surface area contributed by atoms with Crippen LogP contribution in [0.2, 0.25) is 0 Å². The summed E-state index contributed by atoms with van der Waals surface area (Å²) < 4.78 is 2.58. The lowest BCUT2D eigenvalue weighted by atomic mass is 9.65. The van der Waals surface area contributed by atoms with Gasteiger partial charge in [-0.25, -0.2) is 0 Å². The fourth-order valence-corrected chi connectivity index (χ4v) is 16.5. The fraction of sp³-hybridized carbons (Fsp3) is 0.0886. The number of benzene rings is 12. The molecular weight excluding hydrogens is 977 g/mol. The first-order valence-electron chi connectivity index (χ1n) is 28.7. The molecule has 81 heavy (non-hydrogen) atoms. The Kier molecular flexibility index (Phi) is 8.77. The van der Waals surface area contributed by atoms with Crippen LogP contribution in [-0.2, 0) is 16.2 Å². The van der Waals surface area contributed by atoms with Crippen LogP contribution in [0.4, 0.5) is 17.1 Å². The van der Waals surface area contributed by atoms with Gasteiger partial charge in [0.15, 0.2) is 0 Å². The van der Waals surface area contributed by atoms with E-state index in [1.54, 1.807) is 0 Å². The van der Waals surface area contributed by atoms with Gasteiger partial charge in [-0.05, 0) is 180 Å². The van der Waals surface area contributed by atoms with Crippen molar-refractivity contribution in [2.45, 2.75) is 43.9 Å². The quantitative estimate of drug-likeness (QED) is 0.171. The van der Waals surface area contributed by atoms with Gasteiger partial charge in [0.1, 0.15) is 0 Å². The topological polar surface area (TPSA) is 8.17 Å². The van der Waals surface area contributed by atoms with Crippen LogP contribution < -0.4 is 4.90 Å². The van der Waals surface area contributed by atoms with Gasteiger partial charge in [-0.15, -0.1) is 0 Å². The number of nitrogens with zero attached hydrogens (tertiary/aromatic N) is 2. The molecule has 0 fully saturated rings. The Labute approximate surface area is 472 Å². The molecule has 0 N–H and O–H groups in total. The number of fused-ring (bicyclic) bond motifs is 25. The van der Waals surface area contributed by atoms with Gasteiger partial charge < -0.3 is 9.47 Å². The molecule has 5 aliphatic rings. The highest BCUT2D eigenvalue weighted by Gasteiger charge is 2.53. The van der Waals surface area contributed by atoms with Crippen LogP contribution in [-0.4, -0.2) is 4.57 Å². The van der Waals surface area contributed by atoms with Crippen LogP contribution >= 0.6 is 0 Å². The standard InChI is InChI=1S/C79H54N2/c1-47-32-40-72-60(42-47)61-43-48(2)44-71-76(61)81(72)73-41-35-50(45-70(73)79(71)66-28-15-7-20-55(66)56-21-8-16-29-67(56)79)49-33-36-51(37-34-49)80(74-31-17-30-68-75(74)59-23-10-11-24-62(59)77(68,3)4)52-38-39-58-57-22-9-14-27-65(57)78(69(58)46-52)63-25-12-5-18-53(63)54-19-6-13-26-64(54)78/h5-46H,1-4H3. The second-order valence-corrected chi connectivity index (χ2v) is 24.0. The van der Waals surface area contributed by atoms with Crippen molar-refractivity contribution < 1.29 is 0 Å². The molecule has 1 aliphatic heterocycles. The summed E-state index contributed by atoms with van der Waals surface area (Å²) >= 11 is 0. The molecule has 13 aromatic rings. The third-order valence-corrected chi connectivity index (χ3v) is 19.7. The zero-order valence-corrected chi connectivity index (χ0v) is 45.6. The SMILES string of the molecule is Cc1ccc2c(c1)c1cc(C)cc3c1n2-c1ccc(-c2ccc(N(c4ccc5c(c4)C4(c6ccccc6-c6ccccc64)c4ccccc4-5)c4cccc5c4-c4ccccc4C5(C)C)cc2)cc1C31c2ccccc2-c2ccccc21. The van der Waals surface area contributed by atoms with Gasteiger partial charge in [-0.1, -0.05) is 219 Å². The monoisotopic (exact) mass is 1030 g/mol. The summed E-state index contributed by atoms with van der Waals surface area (Å²) in [5, 5.41) is 2.62. The normalized spacial score (nSPS) is 15.0. The van der Waals surface area contributed by atoms with Crippen molar-refractivity contribution in [3.8, 4) is 61.3 Å². The Bertz CT molecular complexity index is 4840. The van der Waals surface area contributed by atoms with E-state index >= 15 is 0 Å². The lowest BCUT2D eigenvalue weighted by Gasteiger charge is -2.40. The van der Waals surface area contributed by atoms with Crippen LogP contribution in [0.1, 0.15) is 80.6 Å². The van der Waals surface area contributed by atoms with Crippen LogP contribution in [0.25, 0.3) is 83.1 Å². The summed E-state index contributed by atoms with van der Waals surface area (Å²) in [4.78, 5) is 2.56. The molecule has 0 unspecified atom stereocenters. The minimum atomic E-state index is -0.540. The van der Waals surface area contributed by atoms with E-state index in [-0.39, 0.29) is 5.41 Å². The summed E-state index contributed by atoms with van der Waals surface area (Å²) in [6.45, 7) is 9.27. The lowest BCUT2D eigenvalue weighted by Crippen LogP contribution is -2.33. The van der Waals surface area contributed by atoms with E-state index in [1.165, 1.54) is 156 Å². The van der Waals surface area contributed by atoms with Crippen LogP contribution in [0.15, 0.2) is 255 Å². The maximum absolute atomic E-state index is 2.58. The summed E-state index contributed by atoms with van der Waals surface area (Å²) in [7, 11) is 0. The number of aromatic nitrogens is 1. The maximum Gasteiger partial charge on any atom is 0.0754 e. The van der Waals surface area contributed by atoms with Crippen molar-refractivity contribution in [2.75, 3.05) is 4.90 Å². The largest absolute Gasteiger partial charge is 0.310 e. The number of hydrogen-bond acceptors (Lipinski definition) is 1. The smallest absolute Gasteiger partial charge is 0.0754 e. The Morgan fingerprint density at radius 2 is 0.815 bits per heavy atom. The molecular formula is C79H54N2. The van der Waals surface area contributed by atoms with E-state index in [1.807, 2.05) is 0 Å². The van der Waals surface area contributed by atoms with E-state index in [4.69, 9.17) is 0 Å². The second-order valence-electron chi connectivity index (χ2n) is 24.0. The van der Waals surface area contributed by atoms with Gasteiger partial charge in [-0.3, -0.25) is 0 Å². The summed E-state index contributed by atoms with van der Waals surface area (Å²) in [5.74, 6) is 0. The Morgan fingerprint density at radius 3 is 1.42 bits per heavy atom. The van der Waals surface area contributed by atoms with E-state index in [0.29, 0.717) is 0 Å². The highest BCUT2D eigenvalue weighted by atomic mass is 15.1. The van der Waals surface area contributed by atoms with Gasteiger partial charge in [-0.2, -0.15) is 0 Å². The molecule has 4 aliphatic carbocycles. The van der Waals surface area contributed by atoms with Gasteiger partial charge in [0.25, 0.3) is 0 Å². The molecule has 0 amide bonds. The van der Waals surface area contributed by atoms with E-state index in [0.717, 1.165) is 11.4 Å². The van der Waals surface area contributed by atoms with Gasteiger partial charge in [0.2, 0.25) is 0 Å². The highest BCUT2D eigenvalue weighted by molar-refractivity contribution is 6.13. The summed E-state index contributed by atoms with van der Waals surface area (Å²) in [6.07, 6.45) is 0. The molecule has 1 aromatic heterocycles. The molecule has 0 saturated carbocycles. The summed E-state index contributed by atoms with van der Waals surface area (Å²) in [6, 6.07) is 97.9. The third-order valence-electron chi connectivity index (χ3n) is 19.7. The maximum atomic E-state index is 2.58. The molecule has 2 heterocycles.